The van der Waals surface area contributed by atoms with Crippen LogP contribution in [0.3, 0.4) is 0 Å². The third kappa shape index (κ3) is 12.1. The van der Waals surface area contributed by atoms with E-state index in [9.17, 15) is 39.6 Å². The predicted molar refractivity (Wildman–Crippen MR) is 231 cm³/mol. The zero-order valence-electron chi connectivity index (χ0n) is 37.6. The number of ether oxygens (including phenoxy) is 4. The van der Waals surface area contributed by atoms with E-state index in [1.807, 2.05) is 56.4 Å². The molecule has 0 radical (unpaired) electrons. The number of hydrogen-bond donors (Lipinski definition) is 4. The molecule has 0 spiro atoms. The van der Waals surface area contributed by atoms with Crippen molar-refractivity contribution >= 4 is 29.5 Å². The van der Waals surface area contributed by atoms with Crippen molar-refractivity contribution in [2.75, 3.05) is 20.8 Å². The minimum absolute atomic E-state index is 0.0346. The lowest BCUT2D eigenvalue weighted by Crippen LogP contribution is -2.64. The molecule has 14 nitrogen and oxygen atoms in total. The van der Waals surface area contributed by atoms with E-state index in [0.717, 1.165) is 16.2 Å². The largest absolute Gasteiger partial charge is 0.456 e. The number of allylic oxidation sites excluding steroid dienone is 4. The number of hydrogen-bond acceptors (Lipinski definition) is 13. The lowest BCUT2D eigenvalue weighted by atomic mass is 9.81. The first-order chi connectivity index (χ1) is 29.5. The highest BCUT2D eigenvalue weighted by molar-refractivity contribution is 6.39. The molecule has 5 rings (SSSR count). The van der Waals surface area contributed by atoms with Gasteiger partial charge in [-0.25, -0.2) is 4.79 Å². The van der Waals surface area contributed by atoms with E-state index in [0.29, 0.717) is 50.5 Å². The zero-order chi connectivity index (χ0) is 45.3. The van der Waals surface area contributed by atoms with Gasteiger partial charge in [0, 0.05) is 51.1 Å². The zero-order valence-corrected chi connectivity index (χ0v) is 37.6. The average Bonchev–Trinajstić information content (AvgIpc) is 3.25. The predicted octanol–water partition coefficient (Wildman–Crippen LogP) is 4.91. The minimum atomic E-state index is -2.61. The number of piperidine rings is 1. The number of Topliss-reactive ketones (excluding diaryl/α,β-unsaturated/α-hetero) is 2. The van der Waals surface area contributed by atoms with Crippen LogP contribution in [0.2, 0.25) is 0 Å². The minimum Gasteiger partial charge on any atom is -0.456 e. The molecule has 14 atom stereocenters. The van der Waals surface area contributed by atoms with Crippen LogP contribution in [0.25, 0.3) is 6.08 Å². The van der Waals surface area contributed by atoms with Crippen LogP contribution in [0.4, 0.5) is 0 Å². The number of pyridine rings is 1. The maximum Gasteiger partial charge on any atom is 0.329 e. The lowest BCUT2D eigenvalue weighted by Gasteiger charge is -2.46. The van der Waals surface area contributed by atoms with Gasteiger partial charge in [-0.3, -0.25) is 19.4 Å². The summed E-state index contributed by atoms with van der Waals surface area (Å²) in [4.78, 5) is 62.6. The summed E-state index contributed by atoms with van der Waals surface area (Å²) in [6.45, 7) is 9.02. The molecule has 2 saturated heterocycles. The van der Waals surface area contributed by atoms with E-state index < -0.39 is 83.9 Å². The van der Waals surface area contributed by atoms with E-state index in [4.69, 9.17) is 18.9 Å². The molecule has 4 heterocycles. The number of rotatable bonds is 7. The number of cyclic esters (lactones) is 1. The van der Waals surface area contributed by atoms with Gasteiger partial charge in [0.05, 0.1) is 36.2 Å². The summed E-state index contributed by atoms with van der Waals surface area (Å²) >= 11 is 0. The molecule has 0 unspecified atom stereocenters. The van der Waals surface area contributed by atoms with E-state index in [2.05, 4.69) is 4.98 Å². The molecular weight excluding hydrogens is 797 g/mol. The topological polar surface area (TPSA) is 202 Å². The van der Waals surface area contributed by atoms with E-state index in [-0.39, 0.29) is 56.0 Å². The Morgan fingerprint density at radius 1 is 0.935 bits per heavy atom. The van der Waals surface area contributed by atoms with Crippen molar-refractivity contribution in [3.63, 3.8) is 0 Å². The average molecular weight is 867 g/mol. The molecule has 4 N–H and O–H groups in total. The number of ketones is 2. The molecule has 4 aliphatic rings. The van der Waals surface area contributed by atoms with Gasteiger partial charge in [-0.2, -0.15) is 0 Å². The van der Waals surface area contributed by atoms with Gasteiger partial charge >= 0.3 is 5.97 Å². The fourth-order valence-electron chi connectivity index (χ4n) is 9.85. The van der Waals surface area contributed by atoms with Crippen LogP contribution in [0, 0.1) is 29.6 Å². The number of nitrogens with zero attached hydrogens (tertiary/aromatic N) is 2. The Morgan fingerprint density at radius 3 is 2.37 bits per heavy atom. The number of esters is 1. The number of aromatic nitrogens is 1. The second-order valence-electron chi connectivity index (χ2n) is 18.4. The Labute approximate surface area is 366 Å². The summed E-state index contributed by atoms with van der Waals surface area (Å²) < 4.78 is 23.6. The molecule has 1 saturated carbocycles. The number of amides is 1. The second kappa shape index (κ2) is 22.3. The summed E-state index contributed by atoms with van der Waals surface area (Å²) in [6.07, 6.45) is 6.85. The fraction of sp³-hybridized carbons (Fsp3) is 0.688. The number of carbonyl (C=O) groups is 4. The highest BCUT2D eigenvalue weighted by atomic mass is 16.7. The van der Waals surface area contributed by atoms with Gasteiger partial charge in [0.2, 0.25) is 5.79 Å². The van der Waals surface area contributed by atoms with Crippen molar-refractivity contribution in [2.45, 2.75) is 160 Å². The Hall–Kier alpha value is -3.63. The third-order valence-corrected chi connectivity index (χ3v) is 13.5. The molecular formula is C48H70N2O12. The second-order valence-corrected chi connectivity index (χ2v) is 18.4. The fourth-order valence-corrected chi connectivity index (χ4v) is 9.85. The van der Waals surface area contributed by atoms with Crippen LogP contribution in [-0.2, 0) is 38.1 Å². The molecule has 0 aromatic carbocycles. The summed E-state index contributed by atoms with van der Waals surface area (Å²) in [5.41, 5.74) is 2.25. The SMILES string of the molecule is CO[C@H]1C[C@@H](C)[C@@]2(O)O[C@@H]1[C@@H](O)C[C@@H](C)C/C(C)=C/[C@@H](C/C=C/c1ccccn1)C(=O)C[C@H](O)[C@@H](C)[C@@H](/C(C)=C/[C@@H]1CC[C@@H](O)[C@H](OC)C1)OC(=O)[C@@H]1CCCCN1C(=O)C2=O. The molecule has 1 aliphatic carbocycles. The van der Waals surface area contributed by atoms with Crippen LogP contribution < -0.4 is 0 Å². The van der Waals surface area contributed by atoms with E-state index in [1.165, 1.54) is 7.11 Å². The number of aliphatic hydroxyl groups excluding tert-OH is 3. The van der Waals surface area contributed by atoms with Crippen molar-refractivity contribution in [3.05, 3.63) is 59.5 Å². The number of carbonyl (C=O) groups excluding carboxylic acids is 4. The smallest absolute Gasteiger partial charge is 0.329 e. The molecule has 3 aliphatic heterocycles. The van der Waals surface area contributed by atoms with Crippen LogP contribution in [-0.4, -0.2) is 129 Å². The van der Waals surface area contributed by atoms with Crippen molar-refractivity contribution < 1.29 is 58.6 Å². The molecule has 1 aromatic heterocycles. The normalized spacial score (nSPS) is 38.8. The van der Waals surface area contributed by atoms with Gasteiger partial charge in [-0.15, -0.1) is 0 Å². The molecule has 1 amide bonds. The first-order valence-corrected chi connectivity index (χ1v) is 22.5. The molecule has 3 fully saturated rings. The highest BCUT2D eigenvalue weighted by Gasteiger charge is 2.56. The van der Waals surface area contributed by atoms with Crippen molar-refractivity contribution in [1.29, 1.82) is 0 Å². The van der Waals surface area contributed by atoms with Crippen molar-refractivity contribution in [3.8, 4) is 0 Å². The molecule has 62 heavy (non-hydrogen) atoms. The maximum atomic E-state index is 14.4. The first-order valence-electron chi connectivity index (χ1n) is 22.5. The van der Waals surface area contributed by atoms with Gasteiger partial charge < -0.3 is 44.3 Å². The molecule has 2 bridgehead atoms. The standard InChI is InChI=1S/C48H70N2O12/c1-28-21-29(2)23-40(54)44-42(60-7)25-31(4)48(58,62-44)45(55)46(56)50-20-11-9-16-36(50)47(57)61-43(30(3)24-33-17-18-37(51)41(26-33)59-6)32(5)38(52)27-39(53)34(22-28)13-12-15-35-14-8-10-19-49-35/h8,10,12,14-15,19,22,24,29,31-34,36-38,40-44,51-52,54,58H,9,11,13,16-18,20-21,23,25-27H2,1-7H3/b15-12+,28-22+,30-24+/t29-,31+,32+,33-,34+,36-,37+,38-,40-,41+,42-,43+,44+,48+/m0/s1. The lowest BCUT2D eigenvalue weighted by molar-refractivity contribution is -0.301. The van der Waals surface area contributed by atoms with Gasteiger partial charge in [0.1, 0.15) is 24.0 Å². The Balaban J connectivity index is 1.54. The monoisotopic (exact) mass is 866 g/mol. The van der Waals surface area contributed by atoms with Crippen LogP contribution in [0.1, 0.15) is 111 Å². The van der Waals surface area contributed by atoms with Crippen LogP contribution >= 0.6 is 0 Å². The van der Waals surface area contributed by atoms with E-state index >= 15 is 0 Å². The number of fused-ring (bicyclic) bond motifs is 3. The molecule has 1 aromatic rings. The van der Waals surface area contributed by atoms with Crippen molar-refractivity contribution in [1.82, 2.24) is 9.88 Å². The summed E-state index contributed by atoms with van der Waals surface area (Å²) in [5, 5.41) is 45.9. The van der Waals surface area contributed by atoms with Crippen LogP contribution in [0.5, 0.6) is 0 Å². The number of methoxy groups -OCH3 is 2. The quantitative estimate of drug-likeness (QED) is 0.164. The summed E-state index contributed by atoms with van der Waals surface area (Å²) in [7, 11) is 3.01. The molecule has 14 heteroatoms. The first kappa shape index (κ1) is 49.4. The van der Waals surface area contributed by atoms with Gasteiger partial charge in [0.25, 0.3) is 11.7 Å². The van der Waals surface area contributed by atoms with Crippen molar-refractivity contribution in [2.24, 2.45) is 29.6 Å². The third-order valence-electron chi connectivity index (χ3n) is 13.5. The molecule has 344 valence electrons. The Kier molecular flexibility index (Phi) is 17.8. The van der Waals surface area contributed by atoms with Gasteiger partial charge in [0.15, 0.2) is 0 Å². The summed E-state index contributed by atoms with van der Waals surface area (Å²) in [6, 6.07) is 4.38. The van der Waals surface area contributed by atoms with E-state index in [1.54, 1.807) is 34.1 Å². The van der Waals surface area contributed by atoms with Crippen LogP contribution in [0.15, 0.2) is 53.8 Å². The Morgan fingerprint density at radius 2 is 1.68 bits per heavy atom. The maximum absolute atomic E-state index is 14.4. The Bertz CT molecular complexity index is 1780. The van der Waals surface area contributed by atoms with Gasteiger partial charge in [-0.1, -0.05) is 50.6 Å². The highest BCUT2D eigenvalue weighted by Crippen LogP contribution is 2.39. The van der Waals surface area contributed by atoms with Gasteiger partial charge in [-0.05, 0) is 114 Å². The number of aliphatic hydroxyl groups is 4. The summed E-state index contributed by atoms with van der Waals surface area (Å²) in [5.74, 6) is -8.41.